The molecule has 1 aromatic carbocycles. The summed E-state index contributed by atoms with van der Waals surface area (Å²) < 4.78 is 14.0. The van der Waals surface area contributed by atoms with E-state index in [0.29, 0.717) is 16.1 Å². The fraction of sp³-hybridized carbons (Fsp3) is 0.500. The quantitative estimate of drug-likeness (QED) is 0.696. The Labute approximate surface area is 129 Å². The maximum Gasteiger partial charge on any atom is 0.255 e. The van der Waals surface area contributed by atoms with Gasteiger partial charge in [-0.2, -0.15) is 0 Å². The van der Waals surface area contributed by atoms with Crippen LogP contribution in [-0.4, -0.2) is 28.7 Å². The monoisotopic (exact) mass is 391 g/mol. The zero-order valence-corrected chi connectivity index (χ0v) is 13.7. The molecule has 1 aliphatic heterocycles. The zero-order chi connectivity index (χ0) is 13.8. The minimum Gasteiger partial charge on any atom is -0.336 e. The van der Waals surface area contributed by atoms with Crippen LogP contribution < -0.4 is 0 Å². The van der Waals surface area contributed by atoms with Gasteiger partial charge in [0.1, 0.15) is 5.82 Å². The Bertz CT molecular complexity index is 467. The highest BCUT2D eigenvalue weighted by atomic mass is 79.9. The van der Waals surface area contributed by atoms with Crippen molar-refractivity contribution in [2.45, 2.75) is 31.7 Å². The fourth-order valence-electron chi connectivity index (χ4n) is 2.53. The first kappa shape index (κ1) is 15.0. The Morgan fingerprint density at radius 1 is 1.47 bits per heavy atom. The van der Waals surface area contributed by atoms with E-state index in [-0.39, 0.29) is 11.7 Å². The van der Waals surface area contributed by atoms with Gasteiger partial charge in [-0.15, -0.1) is 0 Å². The average molecular weight is 393 g/mol. The maximum atomic E-state index is 13.3. The Balaban J connectivity index is 2.16. The van der Waals surface area contributed by atoms with E-state index in [9.17, 15) is 9.18 Å². The van der Waals surface area contributed by atoms with Gasteiger partial charge in [-0.3, -0.25) is 4.79 Å². The SMILES string of the molecule is O=C(c1cc(F)ccc1Br)N1CCCC1CCCBr. The maximum absolute atomic E-state index is 13.3. The summed E-state index contributed by atoms with van der Waals surface area (Å²) in [7, 11) is 0. The van der Waals surface area contributed by atoms with Gasteiger partial charge in [0.15, 0.2) is 0 Å². The molecule has 1 amide bonds. The van der Waals surface area contributed by atoms with Gasteiger partial charge in [0.25, 0.3) is 5.91 Å². The third-order valence-electron chi connectivity index (χ3n) is 3.47. The molecule has 0 N–H and O–H groups in total. The van der Waals surface area contributed by atoms with Crippen LogP contribution in [0.25, 0.3) is 0 Å². The molecule has 2 nitrogen and oxygen atoms in total. The Morgan fingerprint density at radius 3 is 3.00 bits per heavy atom. The normalized spacial score (nSPS) is 18.9. The van der Waals surface area contributed by atoms with E-state index in [2.05, 4.69) is 31.9 Å². The second kappa shape index (κ2) is 6.84. The predicted octanol–water partition coefficient (Wildman–Crippen LogP) is 4.37. The van der Waals surface area contributed by atoms with E-state index in [1.807, 2.05) is 4.90 Å². The molecule has 5 heteroatoms. The lowest BCUT2D eigenvalue weighted by Crippen LogP contribution is -2.35. The van der Waals surface area contributed by atoms with Gasteiger partial charge in [-0.1, -0.05) is 15.9 Å². The van der Waals surface area contributed by atoms with Crippen molar-refractivity contribution in [2.24, 2.45) is 0 Å². The van der Waals surface area contributed by atoms with Crippen LogP contribution in [0.4, 0.5) is 4.39 Å². The number of nitrogens with zero attached hydrogens (tertiary/aromatic N) is 1. The van der Waals surface area contributed by atoms with Crippen molar-refractivity contribution in [3.05, 3.63) is 34.1 Å². The number of halogens is 3. The van der Waals surface area contributed by atoms with Crippen molar-refractivity contribution in [2.75, 3.05) is 11.9 Å². The van der Waals surface area contributed by atoms with Crippen molar-refractivity contribution in [3.63, 3.8) is 0 Å². The number of hydrogen-bond acceptors (Lipinski definition) is 1. The molecule has 0 aromatic heterocycles. The average Bonchev–Trinajstić information content (AvgIpc) is 2.86. The summed E-state index contributed by atoms with van der Waals surface area (Å²) in [5, 5.41) is 0.954. The molecule has 0 saturated carbocycles. The molecule has 19 heavy (non-hydrogen) atoms. The largest absolute Gasteiger partial charge is 0.336 e. The lowest BCUT2D eigenvalue weighted by Gasteiger charge is -2.25. The van der Waals surface area contributed by atoms with E-state index >= 15 is 0 Å². The Hall–Kier alpha value is -0.420. The van der Waals surface area contributed by atoms with E-state index in [0.717, 1.165) is 37.6 Å². The van der Waals surface area contributed by atoms with Gasteiger partial charge in [0.2, 0.25) is 0 Å². The molecule has 2 rings (SSSR count). The number of amides is 1. The van der Waals surface area contributed by atoms with Crippen LogP contribution in [0, 0.1) is 5.82 Å². The highest BCUT2D eigenvalue weighted by Gasteiger charge is 2.29. The smallest absolute Gasteiger partial charge is 0.255 e. The molecule has 104 valence electrons. The number of carbonyl (C=O) groups excluding carboxylic acids is 1. The number of carbonyl (C=O) groups is 1. The zero-order valence-electron chi connectivity index (χ0n) is 10.5. The molecule has 1 saturated heterocycles. The second-order valence-electron chi connectivity index (χ2n) is 4.75. The summed E-state index contributed by atoms with van der Waals surface area (Å²) in [6, 6.07) is 4.55. The molecular weight excluding hydrogens is 377 g/mol. The molecule has 0 aliphatic carbocycles. The van der Waals surface area contributed by atoms with E-state index in [1.165, 1.54) is 12.1 Å². The van der Waals surface area contributed by atoms with Crippen molar-refractivity contribution in [1.82, 2.24) is 4.90 Å². The number of alkyl halides is 1. The highest BCUT2D eigenvalue weighted by molar-refractivity contribution is 9.10. The van der Waals surface area contributed by atoms with E-state index in [4.69, 9.17) is 0 Å². The molecule has 1 heterocycles. The summed E-state index contributed by atoms with van der Waals surface area (Å²) in [6.45, 7) is 0.773. The number of likely N-dealkylation sites (tertiary alicyclic amines) is 1. The molecule has 1 atom stereocenters. The summed E-state index contributed by atoms with van der Waals surface area (Å²) in [5.41, 5.74) is 0.422. The molecule has 0 radical (unpaired) electrons. The highest BCUT2D eigenvalue weighted by Crippen LogP contribution is 2.27. The minimum atomic E-state index is -0.372. The molecule has 0 bridgehead atoms. The first-order valence-corrected chi connectivity index (χ1v) is 8.37. The van der Waals surface area contributed by atoms with Gasteiger partial charge in [0.05, 0.1) is 5.56 Å². The van der Waals surface area contributed by atoms with Crippen LogP contribution >= 0.6 is 31.9 Å². The Morgan fingerprint density at radius 2 is 2.26 bits per heavy atom. The van der Waals surface area contributed by atoms with Crippen LogP contribution in [0.1, 0.15) is 36.0 Å². The van der Waals surface area contributed by atoms with E-state index < -0.39 is 0 Å². The standard InChI is InChI=1S/C14H16Br2FNO/c15-7-1-3-11-4-2-8-18(11)14(19)12-9-10(17)5-6-13(12)16/h5-6,9,11H,1-4,7-8H2. The molecule has 0 spiro atoms. The molecule has 1 aliphatic rings. The summed E-state index contributed by atoms with van der Waals surface area (Å²) in [4.78, 5) is 14.4. The lowest BCUT2D eigenvalue weighted by atomic mass is 10.1. The third kappa shape index (κ3) is 3.57. The summed E-state index contributed by atoms with van der Waals surface area (Å²) >= 11 is 6.75. The fourth-order valence-corrected chi connectivity index (χ4v) is 3.27. The number of hydrogen-bond donors (Lipinski definition) is 0. The van der Waals surface area contributed by atoms with Crippen LogP contribution in [0.2, 0.25) is 0 Å². The van der Waals surface area contributed by atoms with Crippen molar-refractivity contribution >= 4 is 37.8 Å². The Kier molecular flexibility index (Phi) is 5.39. The van der Waals surface area contributed by atoms with Gasteiger partial charge in [-0.25, -0.2) is 4.39 Å². The van der Waals surface area contributed by atoms with Crippen LogP contribution in [0.15, 0.2) is 22.7 Å². The number of benzene rings is 1. The van der Waals surface area contributed by atoms with Gasteiger partial charge >= 0.3 is 0 Å². The molecule has 1 fully saturated rings. The van der Waals surface area contributed by atoms with Crippen molar-refractivity contribution in [3.8, 4) is 0 Å². The van der Waals surface area contributed by atoms with Crippen molar-refractivity contribution < 1.29 is 9.18 Å². The van der Waals surface area contributed by atoms with Crippen LogP contribution in [-0.2, 0) is 0 Å². The van der Waals surface area contributed by atoms with Crippen molar-refractivity contribution in [1.29, 1.82) is 0 Å². The van der Waals surface area contributed by atoms with Crippen LogP contribution in [0.5, 0.6) is 0 Å². The molecule has 1 unspecified atom stereocenters. The van der Waals surface area contributed by atoms with Gasteiger partial charge in [0, 0.05) is 22.4 Å². The van der Waals surface area contributed by atoms with Crippen LogP contribution in [0.3, 0.4) is 0 Å². The number of rotatable bonds is 4. The topological polar surface area (TPSA) is 20.3 Å². The van der Waals surface area contributed by atoms with Gasteiger partial charge in [-0.05, 0) is 59.8 Å². The van der Waals surface area contributed by atoms with E-state index in [1.54, 1.807) is 6.07 Å². The summed E-state index contributed by atoms with van der Waals surface area (Å²) in [6.07, 6.45) is 4.14. The third-order valence-corrected chi connectivity index (χ3v) is 4.72. The minimum absolute atomic E-state index is 0.0663. The summed E-state index contributed by atoms with van der Waals surface area (Å²) in [5.74, 6) is -0.439. The van der Waals surface area contributed by atoms with Gasteiger partial charge < -0.3 is 4.90 Å². The first-order chi connectivity index (χ1) is 9.13. The first-order valence-electron chi connectivity index (χ1n) is 6.45. The lowest BCUT2D eigenvalue weighted by molar-refractivity contribution is 0.0729. The second-order valence-corrected chi connectivity index (χ2v) is 6.40. The molecular formula is C14H16Br2FNO. The molecule has 1 aromatic rings. The predicted molar refractivity (Wildman–Crippen MR) is 81.2 cm³/mol.